The Morgan fingerprint density at radius 2 is 1.76 bits per heavy atom. The van der Waals surface area contributed by atoms with E-state index < -0.39 is 4.33 Å². The number of alkyl halides is 1. The van der Waals surface area contributed by atoms with E-state index in [-0.39, 0.29) is 0 Å². The Labute approximate surface area is 135 Å². The van der Waals surface area contributed by atoms with Gasteiger partial charge in [0, 0.05) is 37.3 Å². The van der Waals surface area contributed by atoms with Crippen LogP contribution in [0, 0.1) is 6.92 Å². The van der Waals surface area contributed by atoms with Gasteiger partial charge in [-0.05, 0) is 36.8 Å². The minimum atomic E-state index is -0.568. The Morgan fingerprint density at radius 3 is 2.38 bits per heavy atom. The van der Waals surface area contributed by atoms with Gasteiger partial charge in [-0.25, -0.2) is 0 Å². The molecule has 1 aliphatic heterocycles. The van der Waals surface area contributed by atoms with Crippen molar-refractivity contribution in [2.24, 2.45) is 0 Å². The maximum atomic E-state index is 6.97. The number of hydrogen-bond acceptors (Lipinski definition) is 3. The Balaban J connectivity index is 1.99. The van der Waals surface area contributed by atoms with Crippen molar-refractivity contribution in [2.45, 2.75) is 16.1 Å². The molecule has 0 aromatic heterocycles. The molecular formula is C17H19ClN2S. The fourth-order valence-corrected chi connectivity index (χ4v) is 4.37. The number of anilines is 2. The number of benzene rings is 2. The third kappa shape index (κ3) is 2.39. The van der Waals surface area contributed by atoms with Crippen LogP contribution < -0.4 is 9.80 Å². The second-order valence-electron chi connectivity index (χ2n) is 5.63. The van der Waals surface area contributed by atoms with Crippen molar-refractivity contribution in [1.29, 1.82) is 0 Å². The fraction of sp³-hybridized carbons (Fsp3) is 0.294. The van der Waals surface area contributed by atoms with E-state index in [1.807, 2.05) is 14.1 Å². The van der Waals surface area contributed by atoms with Gasteiger partial charge in [0.15, 0.2) is 4.33 Å². The first-order chi connectivity index (χ1) is 9.91. The Hall–Kier alpha value is -1.32. The molecule has 0 saturated carbocycles. The first-order valence-corrected chi connectivity index (χ1v) is 8.11. The predicted octanol–water partition coefficient (Wildman–Crippen LogP) is 4.65. The average molecular weight is 319 g/mol. The molecule has 0 amide bonds. The molecule has 21 heavy (non-hydrogen) atoms. The highest BCUT2D eigenvalue weighted by molar-refractivity contribution is 8.02. The molecule has 0 bridgehead atoms. The average Bonchev–Trinajstić information content (AvgIpc) is 2.71. The molecule has 2 nitrogen and oxygen atoms in total. The van der Waals surface area contributed by atoms with E-state index in [9.17, 15) is 0 Å². The second kappa shape index (κ2) is 5.15. The minimum absolute atomic E-state index is 0.568. The van der Waals surface area contributed by atoms with E-state index in [0.29, 0.717) is 0 Å². The molecule has 0 aliphatic carbocycles. The summed E-state index contributed by atoms with van der Waals surface area (Å²) in [6.07, 6.45) is 0. The zero-order valence-corrected chi connectivity index (χ0v) is 14.3. The molecule has 1 unspecified atom stereocenters. The van der Waals surface area contributed by atoms with Crippen molar-refractivity contribution in [3.8, 4) is 0 Å². The highest BCUT2D eigenvalue weighted by Gasteiger charge is 2.42. The maximum absolute atomic E-state index is 6.97. The quantitative estimate of drug-likeness (QED) is 0.588. The molecule has 1 aliphatic rings. The summed E-state index contributed by atoms with van der Waals surface area (Å²) in [5.74, 6) is 0. The van der Waals surface area contributed by atoms with Crippen molar-refractivity contribution in [1.82, 2.24) is 0 Å². The first kappa shape index (κ1) is 14.6. The van der Waals surface area contributed by atoms with Gasteiger partial charge < -0.3 is 9.80 Å². The summed E-state index contributed by atoms with van der Waals surface area (Å²) < 4.78 is -0.568. The van der Waals surface area contributed by atoms with Gasteiger partial charge in [0.05, 0.1) is 5.69 Å². The van der Waals surface area contributed by atoms with Crippen LogP contribution in [0.1, 0.15) is 11.1 Å². The lowest BCUT2D eigenvalue weighted by Crippen LogP contribution is -2.32. The molecule has 1 heterocycles. The van der Waals surface area contributed by atoms with Crippen molar-refractivity contribution in [3.05, 3.63) is 53.6 Å². The Morgan fingerprint density at radius 1 is 1.10 bits per heavy atom. The zero-order chi connectivity index (χ0) is 15.2. The van der Waals surface area contributed by atoms with Gasteiger partial charge in [0.1, 0.15) is 0 Å². The topological polar surface area (TPSA) is 6.48 Å². The molecule has 0 radical (unpaired) electrons. The monoisotopic (exact) mass is 318 g/mol. The van der Waals surface area contributed by atoms with E-state index in [0.717, 1.165) is 5.56 Å². The van der Waals surface area contributed by atoms with E-state index >= 15 is 0 Å². The van der Waals surface area contributed by atoms with Gasteiger partial charge in [-0.15, -0.1) is 0 Å². The van der Waals surface area contributed by atoms with Gasteiger partial charge in [0.2, 0.25) is 0 Å². The highest BCUT2D eigenvalue weighted by atomic mass is 35.5. The molecule has 4 heteroatoms. The van der Waals surface area contributed by atoms with Gasteiger partial charge >= 0.3 is 0 Å². The van der Waals surface area contributed by atoms with Crippen LogP contribution >= 0.6 is 23.4 Å². The van der Waals surface area contributed by atoms with E-state index in [4.69, 9.17) is 11.6 Å². The van der Waals surface area contributed by atoms with Crippen LogP contribution in [0.4, 0.5) is 11.4 Å². The SMILES string of the molecule is Cc1ccc2c(c1)SC(Cl)(c1ccc(N(C)C)cc1)N2C. The third-order valence-electron chi connectivity index (χ3n) is 3.89. The summed E-state index contributed by atoms with van der Waals surface area (Å²) in [7, 11) is 6.14. The van der Waals surface area contributed by atoms with Crippen molar-refractivity contribution in [2.75, 3.05) is 30.9 Å². The molecule has 0 spiro atoms. The normalized spacial score (nSPS) is 20.5. The molecule has 1 atom stereocenters. The van der Waals surface area contributed by atoms with E-state index in [1.165, 1.54) is 21.8 Å². The van der Waals surface area contributed by atoms with Crippen LogP contribution in [0.5, 0.6) is 0 Å². The molecule has 2 aromatic carbocycles. The van der Waals surface area contributed by atoms with Crippen molar-refractivity contribution < 1.29 is 0 Å². The van der Waals surface area contributed by atoms with Crippen LogP contribution in [-0.2, 0) is 4.33 Å². The molecule has 0 N–H and O–H groups in total. The second-order valence-corrected chi connectivity index (χ2v) is 7.64. The summed E-state index contributed by atoms with van der Waals surface area (Å²) in [6, 6.07) is 14.9. The fourth-order valence-electron chi connectivity index (χ4n) is 2.57. The van der Waals surface area contributed by atoms with Crippen LogP contribution in [0.3, 0.4) is 0 Å². The number of nitrogens with zero attached hydrogens (tertiary/aromatic N) is 2. The molecule has 0 fully saturated rings. The lowest BCUT2D eigenvalue weighted by Gasteiger charge is -2.31. The standard InChI is InChI=1S/C17H19ClN2S/c1-12-5-10-15-16(11-12)21-17(18,20(15)4)13-6-8-14(9-7-13)19(2)3/h5-11H,1-4H3. The summed E-state index contributed by atoms with van der Waals surface area (Å²) in [5, 5.41) is 0. The highest BCUT2D eigenvalue weighted by Crippen LogP contribution is 2.57. The summed E-state index contributed by atoms with van der Waals surface area (Å²) in [5.41, 5.74) is 4.74. The molecule has 2 aromatic rings. The Bertz CT molecular complexity index is 669. The van der Waals surface area contributed by atoms with Gasteiger partial charge in [-0.3, -0.25) is 0 Å². The van der Waals surface area contributed by atoms with Crippen LogP contribution in [0.15, 0.2) is 47.4 Å². The number of aryl methyl sites for hydroxylation is 1. The van der Waals surface area contributed by atoms with Crippen molar-refractivity contribution in [3.63, 3.8) is 0 Å². The predicted molar refractivity (Wildman–Crippen MR) is 93.7 cm³/mol. The number of halogens is 1. The lowest BCUT2D eigenvalue weighted by atomic mass is 10.1. The van der Waals surface area contributed by atoms with Crippen molar-refractivity contribution >= 4 is 34.7 Å². The summed E-state index contributed by atoms with van der Waals surface area (Å²) in [6.45, 7) is 2.11. The Kier molecular flexibility index (Phi) is 3.58. The molecule has 110 valence electrons. The molecule has 0 saturated heterocycles. The van der Waals surface area contributed by atoms with Gasteiger partial charge in [-0.1, -0.05) is 41.6 Å². The smallest absolute Gasteiger partial charge is 0.192 e. The largest absolute Gasteiger partial charge is 0.378 e. The van der Waals surface area contributed by atoms with Crippen LogP contribution in [0.2, 0.25) is 0 Å². The number of fused-ring (bicyclic) bond motifs is 1. The molecule has 3 rings (SSSR count). The zero-order valence-electron chi connectivity index (χ0n) is 12.7. The number of thioether (sulfide) groups is 1. The third-order valence-corrected chi connectivity index (χ3v) is 5.92. The van der Waals surface area contributed by atoms with Crippen LogP contribution in [0.25, 0.3) is 0 Å². The van der Waals surface area contributed by atoms with Gasteiger partial charge in [-0.2, -0.15) is 0 Å². The maximum Gasteiger partial charge on any atom is 0.192 e. The number of rotatable bonds is 2. The van der Waals surface area contributed by atoms with Crippen LogP contribution in [-0.4, -0.2) is 21.1 Å². The molecular weight excluding hydrogens is 300 g/mol. The first-order valence-electron chi connectivity index (χ1n) is 6.92. The van der Waals surface area contributed by atoms with E-state index in [2.05, 4.69) is 66.2 Å². The number of hydrogen-bond donors (Lipinski definition) is 0. The van der Waals surface area contributed by atoms with E-state index in [1.54, 1.807) is 11.8 Å². The summed E-state index contributed by atoms with van der Waals surface area (Å²) in [4.78, 5) is 5.48. The summed E-state index contributed by atoms with van der Waals surface area (Å²) >= 11 is 8.68. The van der Waals surface area contributed by atoms with Gasteiger partial charge in [0.25, 0.3) is 0 Å². The lowest BCUT2D eigenvalue weighted by molar-refractivity contribution is 0.838. The minimum Gasteiger partial charge on any atom is -0.378 e.